The molecule has 0 radical (unpaired) electrons. The fraction of sp³-hybridized carbons (Fsp3) is 0.238. The summed E-state index contributed by atoms with van der Waals surface area (Å²) in [4.78, 5) is 12.2. The quantitative estimate of drug-likeness (QED) is 0.408. The summed E-state index contributed by atoms with van der Waals surface area (Å²) in [5, 5.41) is 22.0. The lowest BCUT2D eigenvalue weighted by Gasteiger charge is -2.09. The van der Waals surface area contributed by atoms with Crippen LogP contribution in [0.2, 0.25) is 5.02 Å². The van der Waals surface area contributed by atoms with Crippen LogP contribution >= 0.6 is 11.6 Å². The molecule has 0 saturated carbocycles. The van der Waals surface area contributed by atoms with Crippen molar-refractivity contribution in [1.82, 2.24) is 5.32 Å². The summed E-state index contributed by atoms with van der Waals surface area (Å²) in [5.74, 6) is -0.413. The number of hydrogen-bond donors (Lipinski definition) is 2. The molecule has 6 heteroatoms. The first-order chi connectivity index (χ1) is 13.0. The molecule has 0 aliphatic heterocycles. The van der Waals surface area contributed by atoms with E-state index in [1.165, 1.54) is 23.8 Å². The summed E-state index contributed by atoms with van der Waals surface area (Å²) in [5.41, 5.74) is 1.65. The zero-order chi connectivity index (χ0) is 19.6. The first-order valence-electron chi connectivity index (χ1n) is 8.64. The Morgan fingerprint density at radius 3 is 2.74 bits per heavy atom. The number of aryl methyl sites for hydroxylation is 1. The molecule has 2 rings (SSSR count). The fourth-order valence-corrected chi connectivity index (χ4v) is 2.71. The van der Waals surface area contributed by atoms with E-state index in [4.69, 9.17) is 16.3 Å². The van der Waals surface area contributed by atoms with Gasteiger partial charge in [-0.25, -0.2) is 0 Å². The maximum absolute atomic E-state index is 12.2. The van der Waals surface area contributed by atoms with E-state index in [9.17, 15) is 15.2 Å². The van der Waals surface area contributed by atoms with E-state index in [-0.39, 0.29) is 22.1 Å². The Balaban J connectivity index is 2.00. The molecule has 2 N–H and O–H groups in total. The van der Waals surface area contributed by atoms with E-state index in [0.29, 0.717) is 18.7 Å². The molecule has 2 aromatic carbocycles. The fourth-order valence-electron chi connectivity index (χ4n) is 2.49. The van der Waals surface area contributed by atoms with Gasteiger partial charge in [-0.05, 0) is 49.1 Å². The number of carbonyl (C=O) groups excluding carboxylic acids is 1. The van der Waals surface area contributed by atoms with Crippen LogP contribution < -0.4 is 10.1 Å². The molecule has 0 aliphatic rings. The maximum atomic E-state index is 12.2. The number of amides is 1. The van der Waals surface area contributed by atoms with Crippen molar-refractivity contribution in [3.63, 3.8) is 0 Å². The first-order valence-corrected chi connectivity index (χ1v) is 9.02. The average molecular weight is 385 g/mol. The second-order valence-corrected chi connectivity index (χ2v) is 6.20. The van der Waals surface area contributed by atoms with Crippen LogP contribution in [0.4, 0.5) is 0 Å². The number of hydrogen-bond acceptors (Lipinski definition) is 4. The monoisotopic (exact) mass is 384 g/mol. The Hall–Kier alpha value is -2.97. The molecule has 0 unspecified atom stereocenters. The molecule has 5 nitrogen and oxygen atoms in total. The summed E-state index contributed by atoms with van der Waals surface area (Å²) in [6, 6.07) is 14.9. The van der Waals surface area contributed by atoms with Gasteiger partial charge in [-0.2, -0.15) is 5.26 Å². The molecule has 0 saturated heterocycles. The molecule has 0 bridgehead atoms. The topological polar surface area (TPSA) is 82.3 Å². The van der Waals surface area contributed by atoms with Crippen molar-refractivity contribution < 1.29 is 14.6 Å². The highest BCUT2D eigenvalue weighted by Crippen LogP contribution is 2.35. The number of nitrogens with one attached hydrogen (secondary N) is 1. The summed E-state index contributed by atoms with van der Waals surface area (Å²) in [6.45, 7) is 2.59. The first kappa shape index (κ1) is 20.3. The van der Waals surface area contributed by atoms with E-state index in [0.717, 1.165) is 12.8 Å². The zero-order valence-corrected chi connectivity index (χ0v) is 15.8. The van der Waals surface area contributed by atoms with Crippen LogP contribution in [0.15, 0.2) is 48.0 Å². The van der Waals surface area contributed by atoms with E-state index in [2.05, 4.69) is 5.32 Å². The Labute approximate surface area is 163 Å². The molecule has 0 spiro atoms. The number of halogens is 1. The van der Waals surface area contributed by atoms with Gasteiger partial charge in [-0.1, -0.05) is 41.9 Å². The van der Waals surface area contributed by atoms with Gasteiger partial charge in [-0.15, -0.1) is 0 Å². The third-order valence-electron chi connectivity index (χ3n) is 3.80. The van der Waals surface area contributed by atoms with Gasteiger partial charge in [0, 0.05) is 6.54 Å². The summed E-state index contributed by atoms with van der Waals surface area (Å²) in [6.07, 6.45) is 3.03. The Morgan fingerprint density at radius 2 is 2.07 bits per heavy atom. The normalized spacial score (nSPS) is 10.9. The molecule has 0 fully saturated rings. The number of benzene rings is 2. The smallest absolute Gasteiger partial charge is 0.261 e. The standard InChI is InChI=1S/C21H21ClN2O3/c1-2-27-19-13-16(12-18(22)20(19)25)11-17(14-23)21(26)24-10-6-9-15-7-4-3-5-8-15/h3-5,7-8,11-13,25H,2,6,9-10H2,1H3,(H,24,26)/b17-11-. The predicted molar refractivity (Wildman–Crippen MR) is 106 cm³/mol. The number of rotatable bonds is 8. The Kier molecular flexibility index (Phi) is 7.72. The number of nitrogens with zero attached hydrogens (tertiary/aromatic N) is 1. The number of nitriles is 1. The van der Waals surface area contributed by atoms with Gasteiger partial charge in [0.1, 0.15) is 11.6 Å². The number of phenols is 1. The highest BCUT2D eigenvalue weighted by Gasteiger charge is 2.12. The second-order valence-electron chi connectivity index (χ2n) is 5.80. The molecule has 2 aromatic rings. The van der Waals surface area contributed by atoms with Gasteiger partial charge in [-0.3, -0.25) is 4.79 Å². The maximum Gasteiger partial charge on any atom is 0.261 e. The van der Waals surface area contributed by atoms with Crippen molar-refractivity contribution in [2.24, 2.45) is 0 Å². The number of aromatic hydroxyl groups is 1. The minimum absolute atomic E-state index is 0.0427. The van der Waals surface area contributed by atoms with Crippen molar-refractivity contribution >= 4 is 23.6 Å². The molecule has 0 atom stereocenters. The van der Waals surface area contributed by atoms with Gasteiger partial charge in [0.05, 0.1) is 11.6 Å². The summed E-state index contributed by atoms with van der Waals surface area (Å²) >= 11 is 5.98. The van der Waals surface area contributed by atoms with Crippen LogP contribution in [0.25, 0.3) is 6.08 Å². The lowest BCUT2D eigenvalue weighted by atomic mass is 10.1. The van der Waals surface area contributed by atoms with Gasteiger partial charge < -0.3 is 15.2 Å². The average Bonchev–Trinajstić information content (AvgIpc) is 2.68. The van der Waals surface area contributed by atoms with Crippen LogP contribution in [0.3, 0.4) is 0 Å². The SMILES string of the molecule is CCOc1cc(/C=C(/C#N)C(=O)NCCCc2ccccc2)cc(Cl)c1O. The summed E-state index contributed by atoms with van der Waals surface area (Å²) < 4.78 is 5.31. The van der Waals surface area contributed by atoms with Crippen molar-refractivity contribution in [2.45, 2.75) is 19.8 Å². The minimum atomic E-state index is -0.451. The molecule has 140 valence electrons. The number of ether oxygens (including phenoxy) is 1. The van der Waals surface area contributed by atoms with Gasteiger partial charge in [0.2, 0.25) is 0 Å². The molecule has 0 heterocycles. The van der Waals surface area contributed by atoms with Crippen LogP contribution in [0.1, 0.15) is 24.5 Å². The third-order valence-corrected chi connectivity index (χ3v) is 4.09. The molecule has 27 heavy (non-hydrogen) atoms. The highest BCUT2D eigenvalue weighted by molar-refractivity contribution is 6.32. The van der Waals surface area contributed by atoms with Crippen molar-refractivity contribution in [2.75, 3.05) is 13.2 Å². The molecule has 0 aromatic heterocycles. The minimum Gasteiger partial charge on any atom is -0.503 e. The van der Waals surface area contributed by atoms with Gasteiger partial charge in [0.15, 0.2) is 11.5 Å². The molecule has 0 aliphatic carbocycles. The van der Waals surface area contributed by atoms with Crippen LogP contribution in [-0.2, 0) is 11.2 Å². The van der Waals surface area contributed by atoms with E-state index >= 15 is 0 Å². The molecular weight excluding hydrogens is 364 g/mol. The van der Waals surface area contributed by atoms with Crippen LogP contribution in [-0.4, -0.2) is 24.2 Å². The zero-order valence-electron chi connectivity index (χ0n) is 15.0. The largest absolute Gasteiger partial charge is 0.503 e. The van der Waals surface area contributed by atoms with Gasteiger partial charge >= 0.3 is 0 Å². The van der Waals surface area contributed by atoms with Crippen LogP contribution in [0, 0.1) is 11.3 Å². The van der Waals surface area contributed by atoms with E-state index in [1.54, 1.807) is 6.92 Å². The van der Waals surface area contributed by atoms with Crippen LogP contribution in [0.5, 0.6) is 11.5 Å². The Morgan fingerprint density at radius 1 is 1.33 bits per heavy atom. The molecule has 1 amide bonds. The number of phenolic OH excluding ortho intramolecular Hbond substituents is 1. The van der Waals surface area contributed by atoms with Crippen molar-refractivity contribution in [1.29, 1.82) is 5.26 Å². The van der Waals surface area contributed by atoms with Crippen molar-refractivity contribution in [3.05, 3.63) is 64.2 Å². The van der Waals surface area contributed by atoms with Crippen molar-refractivity contribution in [3.8, 4) is 17.6 Å². The van der Waals surface area contributed by atoms with E-state index < -0.39 is 5.91 Å². The molecular formula is C21H21ClN2O3. The van der Waals surface area contributed by atoms with Gasteiger partial charge in [0.25, 0.3) is 5.91 Å². The highest BCUT2D eigenvalue weighted by atomic mass is 35.5. The lowest BCUT2D eigenvalue weighted by molar-refractivity contribution is -0.117. The summed E-state index contributed by atoms with van der Waals surface area (Å²) in [7, 11) is 0. The van der Waals surface area contributed by atoms with E-state index in [1.807, 2.05) is 36.4 Å². The third kappa shape index (κ3) is 6.05. The lowest BCUT2D eigenvalue weighted by Crippen LogP contribution is -2.25. The Bertz CT molecular complexity index is 858. The predicted octanol–water partition coefficient (Wildman–Crippen LogP) is 4.10. The second kappa shape index (κ2) is 10.2. The number of carbonyl (C=O) groups is 1.